The first-order chi connectivity index (χ1) is 13.6. The molecule has 156 valence electrons. The highest BCUT2D eigenvalue weighted by molar-refractivity contribution is 7.12. The van der Waals surface area contributed by atoms with Crippen molar-refractivity contribution in [1.29, 1.82) is 0 Å². The summed E-state index contributed by atoms with van der Waals surface area (Å²) >= 11 is 1.00. The number of thiophene rings is 1. The summed E-state index contributed by atoms with van der Waals surface area (Å²) in [5, 5.41) is 3.97. The number of anilines is 1. The molecule has 3 rings (SSSR count). The fourth-order valence-electron chi connectivity index (χ4n) is 3.59. The Morgan fingerprint density at radius 2 is 2.03 bits per heavy atom. The first-order valence-electron chi connectivity index (χ1n) is 8.72. The van der Waals surface area contributed by atoms with Crippen molar-refractivity contribution < 1.29 is 31.9 Å². The highest BCUT2D eigenvalue weighted by atomic mass is 32.1. The third kappa shape index (κ3) is 4.36. The lowest BCUT2D eigenvalue weighted by Gasteiger charge is -2.36. The largest absolute Gasteiger partial charge is 0.493 e. The Hall–Kier alpha value is -2.62. The van der Waals surface area contributed by atoms with Crippen LogP contribution in [0.15, 0.2) is 23.6 Å². The molecule has 1 aliphatic rings. The van der Waals surface area contributed by atoms with Gasteiger partial charge in [0, 0.05) is 23.8 Å². The smallest absolute Gasteiger partial charge is 0.258 e. The zero-order valence-corrected chi connectivity index (χ0v) is 16.1. The van der Waals surface area contributed by atoms with Crippen LogP contribution in [0, 0.1) is 17.6 Å². The highest BCUT2D eigenvalue weighted by Crippen LogP contribution is 2.48. The molecule has 2 aromatic rings. The number of methoxy groups -OCH3 is 1. The first-order valence-corrected chi connectivity index (χ1v) is 9.60. The van der Waals surface area contributed by atoms with Crippen LogP contribution in [0.1, 0.15) is 40.4 Å². The average Bonchev–Trinajstić information content (AvgIpc) is 3.12. The quantitative estimate of drug-likeness (QED) is 0.695. The molecule has 1 aromatic carbocycles. The van der Waals surface area contributed by atoms with Gasteiger partial charge in [-0.3, -0.25) is 9.59 Å². The third-order valence-corrected chi connectivity index (χ3v) is 5.90. The van der Waals surface area contributed by atoms with E-state index in [4.69, 9.17) is 10.5 Å². The number of ether oxygens (including phenoxy) is 1. The van der Waals surface area contributed by atoms with Crippen molar-refractivity contribution in [1.82, 2.24) is 0 Å². The fourth-order valence-corrected chi connectivity index (χ4v) is 4.29. The SMILES string of the molecule is COc1c(C2CCC(F)(F)CC2C(=O)Nc2csc(C(N)=O)c2)ccc(F)c1F. The van der Waals surface area contributed by atoms with Crippen molar-refractivity contribution in [3.63, 3.8) is 0 Å². The third-order valence-electron chi connectivity index (χ3n) is 4.96. The van der Waals surface area contributed by atoms with Crippen LogP contribution in [-0.4, -0.2) is 24.8 Å². The molecule has 2 unspecified atom stereocenters. The number of alkyl halides is 2. The van der Waals surface area contributed by atoms with E-state index in [0.717, 1.165) is 24.5 Å². The van der Waals surface area contributed by atoms with Gasteiger partial charge in [0.2, 0.25) is 17.6 Å². The van der Waals surface area contributed by atoms with Gasteiger partial charge in [-0.05, 0) is 24.5 Å². The van der Waals surface area contributed by atoms with Crippen LogP contribution in [0.4, 0.5) is 23.2 Å². The Morgan fingerprint density at radius 3 is 2.66 bits per heavy atom. The number of benzene rings is 1. The molecule has 5 nitrogen and oxygen atoms in total. The molecule has 1 aromatic heterocycles. The summed E-state index contributed by atoms with van der Waals surface area (Å²) in [6.07, 6.45) is -1.35. The van der Waals surface area contributed by atoms with Crippen LogP contribution in [0.2, 0.25) is 0 Å². The number of hydrogen-bond donors (Lipinski definition) is 2. The summed E-state index contributed by atoms with van der Waals surface area (Å²) in [4.78, 5) is 24.2. The molecule has 0 spiro atoms. The highest BCUT2D eigenvalue weighted by Gasteiger charge is 2.46. The molecule has 1 heterocycles. The van der Waals surface area contributed by atoms with Gasteiger partial charge in [0.25, 0.3) is 5.91 Å². The van der Waals surface area contributed by atoms with Crippen LogP contribution in [-0.2, 0) is 4.79 Å². The van der Waals surface area contributed by atoms with Crippen LogP contribution < -0.4 is 15.8 Å². The van der Waals surface area contributed by atoms with Gasteiger partial charge in [-0.25, -0.2) is 13.2 Å². The summed E-state index contributed by atoms with van der Waals surface area (Å²) in [5.74, 6) is -9.24. The number of primary amides is 1. The number of nitrogens with one attached hydrogen (secondary N) is 1. The second-order valence-corrected chi connectivity index (χ2v) is 7.76. The second kappa shape index (κ2) is 8.02. The number of amides is 2. The predicted octanol–water partition coefficient (Wildman–Crippen LogP) is 4.29. The molecule has 1 fully saturated rings. The Balaban J connectivity index is 1.93. The van der Waals surface area contributed by atoms with Crippen molar-refractivity contribution >= 4 is 28.8 Å². The van der Waals surface area contributed by atoms with E-state index in [2.05, 4.69) is 5.32 Å². The molecule has 10 heteroatoms. The van der Waals surface area contributed by atoms with Gasteiger partial charge in [-0.15, -0.1) is 11.3 Å². The van der Waals surface area contributed by atoms with Crippen molar-refractivity contribution in [2.45, 2.75) is 31.1 Å². The van der Waals surface area contributed by atoms with Gasteiger partial charge in [-0.1, -0.05) is 6.07 Å². The van der Waals surface area contributed by atoms with Gasteiger partial charge >= 0.3 is 0 Å². The number of nitrogens with two attached hydrogens (primary N) is 1. The van der Waals surface area contributed by atoms with Crippen molar-refractivity contribution in [3.8, 4) is 5.75 Å². The van der Waals surface area contributed by atoms with Crippen molar-refractivity contribution in [3.05, 3.63) is 45.7 Å². The minimum atomic E-state index is -3.07. The lowest BCUT2D eigenvalue weighted by atomic mass is 9.73. The normalized spacial score (nSPS) is 20.9. The molecular weight excluding hydrogens is 412 g/mol. The number of carbonyl (C=O) groups excluding carboxylic acids is 2. The lowest BCUT2D eigenvalue weighted by molar-refractivity contribution is -0.128. The van der Waals surface area contributed by atoms with Gasteiger partial charge in [0.1, 0.15) is 0 Å². The van der Waals surface area contributed by atoms with Gasteiger partial charge in [0.05, 0.1) is 23.6 Å². The summed E-state index contributed by atoms with van der Waals surface area (Å²) in [5.41, 5.74) is 5.58. The molecule has 0 saturated heterocycles. The molecule has 0 radical (unpaired) electrons. The predicted molar refractivity (Wildman–Crippen MR) is 99.4 cm³/mol. The molecule has 2 atom stereocenters. The van der Waals surface area contributed by atoms with E-state index in [1.54, 1.807) is 0 Å². The molecule has 1 aliphatic carbocycles. The zero-order valence-electron chi connectivity index (χ0n) is 15.3. The number of rotatable bonds is 5. The summed E-state index contributed by atoms with van der Waals surface area (Å²) in [6.45, 7) is 0. The molecule has 3 N–H and O–H groups in total. The van der Waals surface area contributed by atoms with Crippen molar-refractivity contribution in [2.75, 3.05) is 12.4 Å². The van der Waals surface area contributed by atoms with E-state index in [-0.39, 0.29) is 22.5 Å². The van der Waals surface area contributed by atoms with E-state index in [9.17, 15) is 27.2 Å². The minimum absolute atomic E-state index is 0.108. The second-order valence-electron chi connectivity index (χ2n) is 6.85. The summed E-state index contributed by atoms with van der Waals surface area (Å²) < 4.78 is 60.8. The van der Waals surface area contributed by atoms with E-state index < -0.39 is 59.8 Å². The van der Waals surface area contributed by atoms with Gasteiger partial charge < -0.3 is 15.8 Å². The van der Waals surface area contributed by atoms with E-state index in [1.165, 1.54) is 17.5 Å². The fraction of sp³-hybridized carbons (Fsp3) is 0.368. The molecule has 2 amide bonds. The van der Waals surface area contributed by atoms with Crippen LogP contribution in [0.3, 0.4) is 0 Å². The monoisotopic (exact) mass is 430 g/mol. The van der Waals surface area contributed by atoms with Crippen molar-refractivity contribution in [2.24, 2.45) is 11.7 Å². The Labute approximate surface area is 167 Å². The van der Waals surface area contributed by atoms with Crippen LogP contribution >= 0.6 is 11.3 Å². The summed E-state index contributed by atoms with van der Waals surface area (Å²) in [6, 6.07) is 3.48. The van der Waals surface area contributed by atoms with E-state index in [0.29, 0.717) is 0 Å². The number of carbonyl (C=O) groups is 2. The maximum Gasteiger partial charge on any atom is 0.258 e. The lowest BCUT2D eigenvalue weighted by Crippen LogP contribution is -2.38. The van der Waals surface area contributed by atoms with E-state index >= 15 is 0 Å². The number of halogens is 4. The molecule has 0 bridgehead atoms. The molecule has 1 saturated carbocycles. The molecule has 0 aliphatic heterocycles. The standard InChI is InChI=1S/C19H18F4N2O3S/c1-28-16-11(2-3-13(20)15(16)21)10-4-5-19(22,23)7-12(10)18(27)25-9-6-14(17(24)26)29-8-9/h2-3,6,8,10,12H,4-5,7H2,1H3,(H2,24,26)(H,25,27). The van der Waals surface area contributed by atoms with E-state index in [1.807, 2.05) is 0 Å². The average molecular weight is 430 g/mol. The van der Waals surface area contributed by atoms with Crippen LogP contribution in [0.5, 0.6) is 5.75 Å². The zero-order chi connectivity index (χ0) is 21.3. The Bertz CT molecular complexity index is 948. The molecule has 29 heavy (non-hydrogen) atoms. The first kappa shape index (κ1) is 21.1. The number of hydrogen-bond acceptors (Lipinski definition) is 4. The van der Waals surface area contributed by atoms with Crippen LogP contribution in [0.25, 0.3) is 0 Å². The Kier molecular flexibility index (Phi) is 5.83. The van der Waals surface area contributed by atoms with Gasteiger partial charge in [-0.2, -0.15) is 4.39 Å². The van der Waals surface area contributed by atoms with Gasteiger partial charge in [0.15, 0.2) is 11.6 Å². The molecular formula is C19H18F4N2O3S. The summed E-state index contributed by atoms with van der Waals surface area (Å²) in [7, 11) is 1.14. The Morgan fingerprint density at radius 1 is 1.31 bits per heavy atom. The topological polar surface area (TPSA) is 81.4 Å². The maximum atomic E-state index is 14.1. The minimum Gasteiger partial charge on any atom is -0.493 e. The maximum absolute atomic E-state index is 14.1.